The Balaban J connectivity index is 2.53. The Morgan fingerprint density at radius 3 is 2.56 bits per heavy atom. The average molecular weight is 368 g/mol. The molecule has 0 bridgehead atoms. The highest BCUT2D eigenvalue weighted by Gasteiger charge is 2.25. The first-order valence-electron chi connectivity index (χ1n) is 8.88. The van der Waals surface area contributed by atoms with Crippen LogP contribution in [0.2, 0.25) is 0 Å². The van der Waals surface area contributed by atoms with Crippen molar-refractivity contribution in [3.63, 3.8) is 0 Å². The maximum Gasteiger partial charge on any atom is 0.271 e. The van der Waals surface area contributed by atoms with Crippen molar-refractivity contribution < 1.29 is 14.6 Å². The quantitative estimate of drug-likeness (QED) is 0.599. The van der Waals surface area contributed by atoms with E-state index in [2.05, 4.69) is 0 Å². The van der Waals surface area contributed by atoms with Crippen LogP contribution in [0.4, 0.5) is 0 Å². The van der Waals surface area contributed by atoms with E-state index >= 15 is 0 Å². The number of carbonyl (C=O) groups excluding carboxylic acids is 1. The zero-order valence-electron chi connectivity index (χ0n) is 16.1. The molecule has 0 spiro atoms. The van der Waals surface area contributed by atoms with E-state index in [1.165, 1.54) is 6.92 Å². The van der Waals surface area contributed by atoms with Gasteiger partial charge in [-0.15, -0.1) is 0 Å². The highest BCUT2D eigenvalue weighted by Crippen LogP contribution is 2.26. The Bertz CT molecular complexity index is 952. The number of benzene rings is 1. The molecule has 1 aromatic carbocycles. The van der Waals surface area contributed by atoms with Crippen molar-refractivity contribution >= 4 is 5.78 Å². The summed E-state index contributed by atoms with van der Waals surface area (Å²) in [4.78, 5) is 25.6. The summed E-state index contributed by atoms with van der Waals surface area (Å²) in [6, 6.07) is 8.88. The third kappa shape index (κ3) is 4.26. The molecule has 0 unspecified atom stereocenters. The number of nitrogens with zero attached hydrogens (tertiary/aromatic N) is 2. The van der Waals surface area contributed by atoms with E-state index in [9.17, 15) is 20.0 Å². The van der Waals surface area contributed by atoms with E-state index < -0.39 is 17.2 Å². The Hall–Kier alpha value is -2.91. The number of hydrogen-bond acceptors (Lipinski definition) is 5. The lowest BCUT2D eigenvalue weighted by Gasteiger charge is -2.16. The van der Waals surface area contributed by atoms with Gasteiger partial charge >= 0.3 is 0 Å². The molecule has 142 valence electrons. The molecule has 2 aromatic rings. The Labute approximate surface area is 158 Å². The third-order valence-corrected chi connectivity index (χ3v) is 4.39. The first-order valence-corrected chi connectivity index (χ1v) is 8.88. The number of ether oxygens (including phenoxy) is 1. The summed E-state index contributed by atoms with van der Waals surface area (Å²) in [7, 11) is 0. The van der Waals surface area contributed by atoms with Crippen molar-refractivity contribution in [3.8, 4) is 11.9 Å². The lowest BCUT2D eigenvalue weighted by Crippen LogP contribution is -2.27. The fraction of sp³-hybridized carbons (Fsp3) is 0.381. The van der Waals surface area contributed by atoms with Gasteiger partial charge < -0.3 is 9.84 Å². The van der Waals surface area contributed by atoms with Crippen molar-refractivity contribution in [3.05, 3.63) is 62.4 Å². The summed E-state index contributed by atoms with van der Waals surface area (Å²) >= 11 is 0. The van der Waals surface area contributed by atoms with Gasteiger partial charge in [-0.05, 0) is 45.2 Å². The van der Waals surface area contributed by atoms with Crippen molar-refractivity contribution in [2.45, 2.75) is 46.8 Å². The Morgan fingerprint density at radius 2 is 1.96 bits per heavy atom. The molecular formula is C21H24N2O4. The van der Waals surface area contributed by atoms with Gasteiger partial charge in [0.2, 0.25) is 5.88 Å². The van der Waals surface area contributed by atoms with Crippen molar-refractivity contribution in [2.75, 3.05) is 6.61 Å². The Kier molecular flexibility index (Phi) is 6.54. The van der Waals surface area contributed by atoms with Crippen LogP contribution in [-0.4, -0.2) is 28.2 Å². The number of rotatable bonds is 7. The maximum absolute atomic E-state index is 13.1. The van der Waals surface area contributed by atoms with Gasteiger partial charge in [0.05, 0.1) is 11.7 Å². The predicted molar refractivity (Wildman–Crippen MR) is 102 cm³/mol. The van der Waals surface area contributed by atoms with Crippen molar-refractivity contribution in [1.29, 1.82) is 5.26 Å². The highest BCUT2D eigenvalue weighted by molar-refractivity contribution is 6.12. The number of ketones is 1. The molecule has 1 N–H and O–H groups in total. The molecule has 0 amide bonds. The van der Waals surface area contributed by atoms with Crippen LogP contribution in [0.25, 0.3) is 0 Å². The molecule has 0 aliphatic rings. The smallest absolute Gasteiger partial charge is 0.271 e. The van der Waals surface area contributed by atoms with Gasteiger partial charge in [-0.1, -0.05) is 24.3 Å². The number of pyridine rings is 1. The van der Waals surface area contributed by atoms with Gasteiger partial charge in [0, 0.05) is 18.7 Å². The minimum absolute atomic E-state index is 0.00905. The van der Waals surface area contributed by atoms with Crippen LogP contribution >= 0.6 is 0 Å². The number of hydrogen-bond donors (Lipinski definition) is 1. The maximum atomic E-state index is 13.1. The molecule has 27 heavy (non-hydrogen) atoms. The van der Waals surface area contributed by atoms with E-state index in [-0.39, 0.29) is 29.3 Å². The normalized spacial score (nSPS) is 10.8. The topological polar surface area (TPSA) is 92.3 Å². The van der Waals surface area contributed by atoms with Gasteiger partial charge in [0.1, 0.15) is 11.6 Å². The van der Waals surface area contributed by atoms with Gasteiger partial charge in [-0.25, -0.2) is 0 Å². The van der Waals surface area contributed by atoms with E-state index in [4.69, 9.17) is 4.74 Å². The monoisotopic (exact) mass is 368 g/mol. The van der Waals surface area contributed by atoms with Gasteiger partial charge in [-0.2, -0.15) is 5.26 Å². The molecule has 0 atom stereocenters. The van der Waals surface area contributed by atoms with E-state index in [0.717, 1.165) is 10.1 Å². The summed E-state index contributed by atoms with van der Waals surface area (Å²) in [5.41, 5.74) is 0.636. The number of aromatic hydroxyl groups is 1. The molecule has 1 heterocycles. The lowest BCUT2D eigenvalue weighted by molar-refractivity contribution is 0.0743. The van der Waals surface area contributed by atoms with E-state index in [1.54, 1.807) is 25.1 Å². The number of carbonyl (C=O) groups is 1. The summed E-state index contributed by atoms with van der Waals surface area (Å²) < 4.78 is 6.54. The summed E-state index contributed by atoms with van der Waals surface area (Å²) in [6.45, 7) is 7.67. The molecule has 0 fully saturated rings. The van der Waals surface area contributed by atoms with Crippen LogP contribution in [-0.2, 0) is 11.3 Å². The third-order valence-electron chi connectivity index (χ3n) is 4.39. The zero-order valence-corrected chi connectivity index (χ0v) is 16.1. The van der Waals surface area contributed by atoms with E-state index in [1.807, 2.05) is 26.0 Å². The first kappa shape index (κ1) is 20.4. The second-order valence-electron chi connectivity index (χ2n) is 6.68. The van der Waals surface area contributed by atoms with Gasteiger partial charge in [-0.3, -0.25) is 14.2 Å². The molecule has 2 rings (SSSR count). The van der Waals surface area contributed by atoms with Gasteiger partial charge in [0.25, 0.3) is 5.56 Å². The molecule has 0 saturated carbocycles. The minimum Gasteiger partial charge on any atom is -0.494 e. The minimum atomic E-state index is -0.599. The molecule has 6 nitrogen and oxygen atoms in total. The molecular weight excluding hydrogens is 344 g/mol. The Morgan fingerprint density at radius 1 is 1.30 bits per heavy atom. The summed E-state index contributed by atoms with van der Waals surface area (Å²) in [5.74, 6) is -0.818. The molecule has 0 aliphatic heterocycles. The van der Waals surface area contributed by atoms with Crippen LogP contribution < -0.4 is 5.56 Å². The molecule has 6 heteroatoms. The summed E-state index contributed by atoms with van der Waals surface area (Å²) in [5, 5.41) is 20.1. The molecule has 0 aliphatic carbocycles. The number of nitriles is 1. The zero-order chi connectivity index (χ0) is 20.1. The second-order valence-corrected chi connectivity index (χ2v) is 6.68. The SMILES string of the molecule is Cc1ccccc1C(=O)c1c(C)c(C#N)c(=O)n(CCCOC(C)C)c1O. The molecule has 0 saturated heterocycles. The van der Waals surface area contributed by atoms with Gasteiger partial charge in [0.15, 0.2) is 5.78 Å². The van der Waals surface area contributed by atoms with Crippen LogP contribution in [0.5, 0.6) is 5.88 Å². The fourth-order valence-corrected chi connectivity index (χ4v) is 2.93. The fourth-order valence-electron chi connectivity index (χ4n) is 2.93. The van der Waals surface area contributed by atoms with Crippen LogP contribution in [0.1, 0.15) is 52.9 Å². The van der Waals surface area contributed by atoms with E-state index in [0.29, 0.717) is 18.6 Å². The first-order chi connectivity index (χ1) is 12.8. The second kappa shape index (κ2) is 8.65. The van der Waals surface area contributed by atoms with Crippen molar-refractivity contribution in [1.82, 2.24) is 4.57 Å². The van der Waals surface area contributed by atoms with Crippen LogP contribution in [0.15, 0.2) is 29.1 Å². The summed E-state index contributed by atoms with van der Waals surface area (Å²) in [6.07, 6.45) is 0.526. The van der Waals surface area contributed by atoms with Crippen LogP contribution in [0, 0.1) is 25.2 Å². The highest BCUT2D eigenvalue weighted by atomic mass is 16.5. The van der Waals surface area contributed by atoms with Crippen LogP contribution in [0.3, 0.4) is 0 Å². The lowest BCUT2D eigenvalue weighted by atomic mass is 9.95. The number of aromatic nitrogens is 1. The standard InChI is InChI=1S/C21H24N2O4/c1-13(2)27-11-7-10-23-20(25)17(12-22)15(4)18(21(23)26)19(24)16-9-6-5-8-14(16)3/h5-6,8-9,13,26H,7,10-11H2,1-4H3. The largest absolute Gasteiger partial charge is 0.494 e. The number of aryl methyl sites for hydroxylation is 1. The molecule has 0 radical (unpaired) electrons. The van der Waals surface area contributed by atoms with Crippen molar-refractivity contribution in [2.24, 2.45) is 0 Å². The molecule has 1 aromatic heterocycles. The predicted octanol–water partition coefficient (Wildman–Crippen LogP) is 3.09. The average Bonchev–Trinajstić information content (AvgIpc) is 2.61.